The summed E-state index contributed by atoms with van der Waals surface area (Å²) in [4.78, 5) is 41.4. The van der Waals surface area contributed by atoms with Gasteiger partial charge in [-0.3, -0.25) is 9.59 Å². The summed E-state index contributed by atoms with van der Waals surface area (Å²) >= 11 is 0. The Kier molecular flexibility index (Phi) is 9.84. The summed E-state index contributed by atoms with van der Waals surface area (Å²) in [6.45, 7) is 10.3. The van der Waals surface area contributed by atoms with Gasteiger partial charge in [-0.05, 0) is 67.3 Å². The Balaban J connectivity index is 1.99. The van der Waals surface area contributed by atoms with E-state index in [1.54, 1.807) is 45.0 Å². The Morgan fingerprint density at radius 3 is 2.38 bits per heavy atom. The molecule has 0 fully saturated rings. The van der Waals surface area contributed by atoms with Crippen molar-refractivity contribution in [1.82, 2.24) is 10.2 Å². The Labute approximate surface area is 229 Å². The lowest BCUT2D eigenvalue weighted by Crippen LogP contribution is -2.54. The third-order valence-electron chi connectivity index (χ3n) is 5.96. The molecule has 0 saturated heterocycles. The standard InChI is InChI=1S/C31H37N3O5/c1-6-17-34(29(37)26(20-35)33-30(38)39-31(3,4)5)27(24-14-10-11-21(7-2)18-24)28(36)32-25-16-15-22-12-8-9-13-23(22)19-25/h7-16,18-19,26-27,35H,2,6,17,20H2,1,3-5H3,(H,32,36)(H,33,38). The molecule has 0 bridgehead atoms. The summed E-state index contributed by atoms with van der Waals surface area (Å²) in [6, 6.07) is 18.3. The van der Waals surface area contributed by atoms with Crippen LogP contribution in [-0.4, -0.2) is 52.7 Å². The maximum absolute atomic E-state index is 13.9. The molecule has 3 aromatic rings. The number of nitrogens with one attached hydrogen (secondary N) is 2. The molecule has 3 rings (SSSR count). The first-order chi connectivity index (χ1) is 18.6. The van der Waals surface area contributed by atoms with Crippen molar-refractivity contribution >= 4 is 40.4 Å². The van der Waals surface area contributed by atoms with Gasteiger partial charge in [0.2, 0.25) is 5.91 Å². The number of amides is 3. The van der Waals surface area contributed by atoms with Crippen molar-refractivity contribution in [3.63, 3.8) is 0 Å². The number of alkyl carbamates (subject to hydrolysis) is 1. The zero-order valence-corrected chi connectivity index (χ0v) is 22.9. The minimum atomic E-state index is -1.30. The average Bonchev–Trinajstić information content (AvgIpc) is 2.90. The van der Waals surface area contributed by atoms with Gasteiger partial charge in [-0.2, -0.15) is 0 Å². The van der Waals surface area contributed by atoms with Crippen LogP contribution in [0, 0.1) is 0 Å². The SMILES string of the molecule is C=Cc1cccc(C(C(=O)Nc2ccc3ccccc3c2)N(CCC)C(=O)C(CO)NC(=O)OC(C)(C)C)c1. The number of fused-ring (bicyclic) bond motifs is 1. The van der Waals surface area contributed by atoms with Crippen LogP contribution in [0.1, 0.15) is 51.3 Å². The van der Waals surface area contributed by atoms with Crippen LogP contribution in [0.15, 0.2) is 73.3 Å². The van der Waals surface area contributed by atoms with Crippen LogP contribution >= 0.6 is 0 Å². The second kappa shape index (κ2) is 13.1. The van der Waals surface area contributed by atoms with E-state index >= 15 is 0 Å². The average molecular weight is 532 g/mol. The first-order valence-corrected chi connectivity index (χ1v) is 13.0. The summed E-state index contributed by atoms with van der Waals surface area (Å²) in [5.74, 6) is -1.03. The second-order valence-corrected chi connectivity index (χ2v) is 10.2. The Morgan fingerprint density at radius 2 is 1.74 bits per heavy atom. The van der Waals surface area contributed by atoms with Gasteiger partial charge < -0.3 is 25.4 Å². The molecule has 206 valence electrons. The van der Waals surface area contributed by atoms with Crippen molar-refractivity contribution in [1.29, 1.82) is 0 Å². The molecule has 39 heavy (non-hydrogen) atoms. The highest BCUT2D eigenvalue weighted by Crippen LogP contribution is 2.27. The molecule has 0 aliphatic rings. The minimum Gasteiger partial charge on any atom is -0.444 e. The number of carbonyl (C=O) groups is 3. The minimum absolute atomic E-state index is 0.208. The van der Waals surface area contributed by atoms with Gasteiger partial charge in [0.15, 0.2) is 0 Å². The van der Waals surface area contributed by atoms with Crippen molar-refractivity contribution in [2.75, 3.05) is 18.5 Å². The summed E-state index contributed by atoms with van der Waals surface area (Å²) < 4.78 is 5.27. The zero-order valence-electron chi connectivity index (χ0n) is 22.9. The number of anilines is 1. The van der Waals surface area contributed by atoms with E-state index in [1.807, 2.05) is 55.5 Å². The molecule has 0 saturated carbocycles. The van der Waals surface area contributed by atoms with Crippen molar-refractivity contribution in [2.24, 2.45) is 0 Å². The molecule has 2 atom stereocenters. The van der Waals surface area contributed by atoms with Crippen LogP contribution in [0.2, 0.25) is 0 Å². The van der Waals surface area contributed by atoms with Crippen LogP contribution in [0.4, 0.5) is 10.5 Å². The molecule has 8 heteroatoms. The molecule has 0 spiro atoms. The molecule has 3 amide bonds. The number of aliphatic hydroxyl groups excluding tert-OH is 1. The lowest BCUT2D eigenvalue weighted by atomic mass is 10.00. The molecule has 0 radical (unpaired) electrons. The number of benzene rings is 3. The van der Waals surface area contributed by atoms with Crippen molar-refractivity contribution in [3.05, 3.63) is 84.4 Å². The molecule has 3 N–H and O–H groups in total. The molecule has 8 nitrogen and oxygen atoms in total. The van der Waals surface area contributed by atoms with E-state index in [0.717, 1.165) is 16.3 Å². The quantitative estimate of drug-likeness (QED) is 0.330. The van der Waals surface area contributed by atoms with Gasteiger partial charge in [-0.15, -0.1) is 0 Å². The van der Waals surface area contributed by atoms with Crippen molar-refractivity contribution in [3.8, 4) is 0 Å². The van der Waals surface area contributed by atoms with E-state index in [9.17, 15) is 19.5 Å². The predicted octanol–water partition coefficient (Wildman–Crippen LogP) is 5.29. The van der Waals surface area contributed by atoms with Crippen LogP contribution in [-0.2, 0) is 14.3 Å². The van der Waals surface area contributed by atoms with Crippen LogP contribution < -0.4 is 10.6 Å². The van der Waals surface area contributed by atoms with Gasteiger partial charge in [0.1, 0.15) is 17.7 Å². The maximum atomic E-state index is 13.9. The van der Waals surface area contributed by atoms with Crippen LogP contribution in [0.25, 0.3) is 16.8 Å². The lowest BCUT2D eigenvalue weighted by Gasteiger charge is -2.34. The number of carbonyl (C=O) groups excluding carboxylic acids is 3. The van der Waals surface area contributed by atoms with E-state index in [2.05, 4.69) is 17.2 Å². The lowest BCUT2D eigenvalue weighted by molar-refractivity contribution is -0.141. The highest BCUT2D eigenvalue weighted by Gasteiger charge is 2.36. The fourth-order valence-corrected chi connectivity index (χ4v) is 4.25. The highest BCUT2D eigenvalue weighted by molar-refractivity contribution is 6.00. The number of hydrogen-bond donors (Lipinski definition) is 3. The predicted molar refractivity (Wildman–Crippen MR) is 154 cm³/mol. The van der Waals surface area contributed by atoms with E-state index in [4.69, 9.17) is 4.74 Å². The van der Waals surface area contributed by atoms with E-state index < -0.39 is 42.2 Å². The van der Waals surface area contributed by atoms with Gasteiger partial charge >= 0.3 is 6.09 Å². The topological polar surface area (TPSA) is 108 Å². The molecule has 0 aliphatic heterocycles. The fraction of sp³-hybridized carbons (Fsp3) is 0.323. The Hall–Kier alpha value is -4.17. The van der Waals surface area contributed by atoms with Crippen LogP contribution in [0.3, 0.4) is 0 Å². The molecule has 3 aromatic carbocycles. The monoisotopic (exact) mass is 531 g/mol. The van der Waals surface area contributed by atoms with Gasteiger partial charge in [0.05, 0.1) is 6.61 Å². The molecule has 2 unspecified atom stereocenters. The summed E-state index contributed by atoms with van der Waals surface area (Å²) in [7, 11) is 0. The van der Waals surface area contributed by atoms with Crippen molar-refractivity contribution < 1.29 is 24.2 Å². The third kappa shape index (κ3) is 7.91. The normalized spacial score (nSPS) is 12.7. The number of ether oxygens (including phenoxy) is 1. The number of rotatable bonds is 10. The summed E-state index contributed by atoms with van der Waals surface area (Å²) in [5, 5.41) is 17.4. The zero-order chi connectivity index (χ0) is 28.6. The maximum Gasteiger partial charge on any atom is 0.408 e. The molecule has 0 aliphatic carbocycles. The van der Waals surface area contributed by atoms with Gasteiger partial charge in [0.25, 0.3) is 5.91 Å². The van der Waals surface area contributed by atoms with Gasteiger partial charge in [-0.25, -0.2) is 4.79 Å². The number of hydrogen-bond acceptors (Lipinski definition) is 5. The van der Waals surface area contributed by atoms with Gasteiger partial charge in [-0.1, -0.05) is 68.1 Å². The summed E-state index contributed by atoms with van der Waals surface area (Å²) in [6.07, 6.45) is 1.36. The number of nitrogens with zero attached hydrogens (tertiary/aromatic N) is 1. The van der Waals surface area contributed by atoms with Gasteiger partial charge in [0, 0.05) is 12.2 Å². The Bertz CT molecular complexity index is 1330. The first-order valence-electron chi connectivity index (χ1n) is 13.0. The van der Waals surface area contributed by atoms with E-state index in [-0.39, 0.29) is 6.54 Å². The summed E-state index contributed by atoms with van der Waals surface area (Å²) in [5.41, 5.74) is 1.15. The molecular weight excluding hydrogens is 494 g/mol. The third-order valence-corrected chi connectivity index (χ3v) is 5.96. The van der Waals surface area contributed by atoms with Crippen molar-refractivity contribution in [2.45, 2.75) is 51.8 Å². The molecule has 0 heterocycles. The first kappa shape index (κ1) is 29.4. The highest BCUT2D eigenvalue weighted by atomic mass is 16.6. The van der Waals surface area contributed by atoms with Crippen LogP contribution in [0.5, 0.6) is 0 Å². The second-order valence-electron chi connectivity index (χ2n) is 10.2. The smallest absolute Gasteiger partial charge is 0.408 e. The molecular formula is C31H37N3O5. The van der Waals surface area contributed by atoms with E-state index in [1.165, 1.54) is 4.90 Å². The van der Waals surface area contributed by atoms with E-state index in [0.29, 0.717) is 17.7 Å². The largest absolute Gasteiger partial charge is 0.444 e. The Morgan fingerprint density at radius 1 is 1.03 bits per heavy atom. The fourth-order valence-electron chi connectivity index (χ4n) is 4.25. The number of aliphatic hydroxyl groups is 1. The molecule has 0 aromatic heterocycles.